The molecule has 0 atom stereocenters. The molecule has 0 saturated heterocycles. The minimum Gasteiger partial charge on any atom is -0.322 e. The Morgan fingerprint density at radius 3 is 2.31 bits per heavy atom. The molecule has 0 heterocycles. The summed E-state index contributed by atoms with van der Waals surface area (Å²) in [5, 5.41) is 0. The third-order valence-corrected chi connectivity index (χ3v) is 2.31. The van der Waals surface area contributed by atoms with E-state index in [-0.39, 0.29) is 18.2 Å². The molecule has 0 saturated carbocycles. The van der Waals surface area contributed by atoms with Crippen LogP contribution in [-0.4, -0.2) is 0 Å². The highest BCUT2D eigenvalue weighted by atomic mass is 79.9. The minimum absolute atomic E-state index is 0. The highest BCUT2D eigenvalue weighted by Gasteiger charge is 2.17. The molecule has 0 amide bonds. The van der Waals surface area contributed by atoms with Gasteiger partial charge in [0, 0.05) is 10.0 Å². The minimum atomic E-state index is -0.513. The van der Waals surface area contributed by atoms with E-state index in [4.69, 9.17) is 5.73 Å². The molecule has 0 aliphatic carbocycles. The van der Waals surface area contributed by atoms with E-state index in [0.29, 0.717) is 0 Å². The number of halogens is 3. The molecule has 1 aromatic carbocycles. The number of hydrogen-bond donors (Lipinski definition) is 1. The first-order valence-corrected chi connectivity index (χ1v) is 4.45. The van der Waals surface area contributed by atoms with Crippen LogP contribution in [-0.2, 0) is 5.54 Å². The van der Waals surface area contributed by atoms with Crippen molar-refractivity contribution in [2.45, 2.75) is 19.4 Å². The van der Waals surface area contributed by atoms with Gasteiger partial charge in [-0.05, 0) is 37.6 Å². The molecule has 1 nitrogen and oxygen atoms in total. The van der Waals surface area contributed by atoms with E-state index in [9.17, 15) is 4.39 Å². The molecule has 1 aromatic rings. The van der Waals surface area contributed by atoms with Crippen LogP contribution in [0.15, 0.2) is 22.7 Å². The lowest BCUT2D eigenvalue weighted by Crippen LogP contribution is -2.29. The summed E-state index contributed by atoms with van der Waals surface area (Å²) < 4.78 is 13.6. The molecule has 4 heteroatoms. The number of nitrogens with two attached hydrogens (primary N) is 1. The molecule has 2 N–H and O–H groups in total. The third-order valence-electron chi connectivity index (χ3n) is 1.62. The highest BCUT2D eigenvalue weighted by Crippen LogP contribution is 2.26. The first-order valence-electron chi connectivity index (χ1n) is 3.65. The first kappa shape index (κ1) is 12.9. The third kappa shape index (κ3) is 3.25. The normalized spacial score (nSPS) is 10.8. The molecule has 0 fully saturated rings. The summed E-state index contributed by atoms with van der Waals surface area (Å²) in [5.41, 5.74) is 6.10. The van der Waals surface area contributed by atoms with Gasteiger partial charge in [0.15, 0.2) is 0 Å². The zero-order chi connectivity index (χ0) is 9.35. The van der Waals surface area contributed by atoms with Gasteiger partial charge in [-0.2, -0.15) is 0 Å². The van der Waals surface area contributed by atoms with E-state index in [0.717, 1.165) is 10.0 Å². The summed E-state index contributed by atoms with van der Waals surface area (Å²) >= 11 is 3.32. The zero-order valence-electron chi connectivity index (χ0n) is 7.47. The number of benzene rings is 1. The van der Waals surface area contributed by atoms with Crippen LogP contribution < -0.4 is 5.73 Å². The zero-order valence-corrected chi connectivity index (χ0v) is 9.88. The Morgan fingerprint density at radius 1 is 1.38 bits per heavy atom. The predicted molar refractivity (Wildman–Crippen MR) is 58.6 cm³/mol. The molecule has 0 bridgehead atoms. The monoisotopic (exact) mass is 267 g/mol. The second-order valence-corrected chi connectivity index (χ2v) is 4.20. The Labute approximate surface area is 92.1 Å². The summed E-state index contributed by atoms with van der Waals surface area (Å²) in [4.78, 5) is 0. The number of rotatable bonds is 1. The van der Waals surface area contributed by atoms with Crippen LogP contribution in [0.5, 0.6) is 0 Å². The van der Waals surface area contributed by atoms with Crippen molar-refractivity contribution in [3.8, 4) is 0 Å². The molecule has 74 valence electrons. The van der Waals surface area contributed by atoms with Crippen molar-refractivity contribution in [2.24, 2.45) is 5.73 Å². The molecule has 1 rings (SSSR count). The van der Waals surface area contributed by atoms with Crippen molar-refractivity contribution in [1.82, 2.24) is 0 Å². The van der Waals surface area contributed by atoms with Gasteiger partial charge in [0.2, 0.25) is 0 Å². The van der Waals surface area contributed by atoms with E-state index in [2.05, 4.69) is 15.9 Å². The van der Waals surface area contributed by atoms with Gasteiger partial charge >= 0.3 is 0 Å². The van der Waals surface area contributed by atoms with E-state index in [1.807, 2.05) is 13.8 Å². The second-order valence-electron chi connectivity index (χ2n) is 3.35. The van der Waals surface area contributed by atoms with Crippen molar-refractivity contribution in [1.29, 1.82) is 0 Å². The average Bonchev–Trinajstić information content (AvgIpc) is 1.92. The molecule has 13 heavy (non-hydrogen) atoms. The van der Waals surface area contributed by atoms with Gasteiger partial charge in [-0.1, -0.05) is 15.9 Å². The van der Waals surface area contributed by atoms with Gasteiger partial charge < -0.3 is 5.73 Å². The fourth-order valence-electron chi connectivity index (χ4n) is 0.991. The second kappa shape index (κ2) is 4.40. The van der Waals surface area contributed by atoms with Crippen LogP contribution in [0, 0.1) is 5.82 Å². The van der Waals surface area contributed by atoms with Crippen LogP contribution in [0.1, 0.15) is 19.4 Å². The Bertz CT molecular complexity index is 296. The van der Waals surface area contributed by atoms with Gasteiger partial charge in [0.05, 0.1) is 0 Å². The smallest absolute Gasteiger partial charge is 0.123 e. The Kier molecular flexibility index (Phi) is 4.36. The van der Waals surface area contributed by atoms with Crippen LogP contribution >= 0.6 is 28.3 Å². The molecule has 0 spiro atoms. The average molecular weight is 269 g/mol. The van der Waals surface area contributed by atoms with Gasteiger partial charge in [-0.15, -0.1) is 12.4 Å². The Morgan fingerprint density at radius 2 is 1.92 bits per heavy atom. The van der Waals surface area contributed by atoms with E-state index < -0.39 is 5.54 Å². The lowest BCUT2D eigenvalue weighted by atomic mass is 9.96. The van der Waals surface area contributed by atoms with Crippen LogP contribution in [0.4, 0.5) is 4.39 Å². The largest absolute Gasteiger partial charge is 0.322 e. The molecule has 0 aromatic heterocycles. The summed E-state index contributed by atoms with van der Waals surface area (Å²) in [6.07, 6.45) is 0. The summed E-state index contributed by atoms with van der Waals surface area (Å²) in [5.74, 6) is -0.258. The molecular weight excluding hydrogens is 256 g/mol. The van der Waals surface area contributed by atoms with Crippen molar-refractivity contribution < 1.29 is 4.39 Å². The van der Waals surface area contributed by atoms with Gasteiger partial charge in [-0.25, -0.2) is 4.39 Å². The quantitative estimate of drug-likeness (QED) is 0.831. The SMILES string of the molecule is CC(C)(N)c1cc(F)ccc1Br.Cl. The lowest BCUT2D eigenvalue weighted by Gasteiger charge is -2.20. The van der Waals surface area contributed by atoms with Gasteiger partial charge in [0.1, 0.15) is 5.82 Å². The first-order chi connectivity index (χ1) is 5.41. The maximum absolute atomic E-state index is 12.8. The molecule has 0 aliphatic heterocycles. The predicted octanol–water partition coefficient (Wildman–Crippen LogP) is 3.20. The van der Waals surface area contributed by atoms with Crippen molar-refractivity contribution in [2.75, 3.05) is 0 Å². The fourth-order valence-corrected chi connectivity index (χ4v) is 1.75. The van der Waals surface area contributed by atoms with Gasteiger partial charge in [-0.3, -0.25) is 0 Å². The van der Waals surface area contributed by atoms with Crippen molar-refractivity contribution in [3.63, 3.8) is 0 Å². The van der Waals surface area contributed by atoms with E-state index in [1.54, 1.807) is 6.07 Å². The maximum atomic E-state index is 12.8. The van der Waals surface area contributed by atoms with E-state index in [1.165, 1.54) is 12.1 Å². The van der Waals surface area contributed by atoms with E-state index >= 15 is 0 Å². The number of hydrogen-bond acceptors (Lipinski definition) is 1. The summed E-state index contributed by atoms with van der Waals surface area (Å²) in [6, 6.07) is 4.52. The standard InChI is InChI=1S/C9H11BrFN.ClH/c1-9(2,12)7-5-6(11)3-4-8(7)10;/h3-5H,12H2,1-2H3;1H. The van der Waals surface area contributed by atoms with Crippen LogP contribution in [0.3, 0.4) is 0 Å². The Hall–Kier alpha value is -0.120. The molecule has 0 radical (unpaired) electrons. The van der Waals surface area contributed by atoms with Crippen LogP contribution in [0.25, 0.3) is 0 Å². The molecule has 0 aliphatic rings. The van der Waals surface area contributed by atoms with Gasteiger partial charge in [0.25, 0.3) is 0 Å². The summed E-state index contributed by atoms with van der Waals surface area (Å²) in [7, 11) is 0. The topological polar surface area (TPSA) is 26.0 Å². The van der Waals surface area contributed by atoms with Crippen molar-refractivity contribution >= 4 is 28.3 Å². The maximum Gasteiger partial charge on any atom is 0.123 e. The van der Waals surface area contributed by atoms with Crippen molar-refractivity contribution in [3.05, 3.63) is 34.1 Å². The Balaban J connectivity index is 0.00000144. The molecule has 0 unspecified atom stereocenters. The summed E-state index contributed by atoms with van der Waals surface area (Å²) in [6.45, 7) is 3.68. The molecular formula is C9H12BrClFN. The highest BCUT2D eigenvalue weighted by molar-refractivity contribution is 9.10. The fraction of sp³-hybridized carbons (Fsp3) is 0.333. The van der Waals surface area contributed by atoms with Crippen LogP contribution in [0.2, 0.25) is 0 Å². The lowest BCUT2D eigenvalue weighted by molar-refractivity contribution is 0.541.